The molecule has 1 aromatic rings. The second-order valence-electron chi connectivity index (χ2n) is 4.81. The molecule has 0 unspecified atom stereocenters. The Bertz CT molecular complexity index is 406. The van der Waals surface area contributed by atoms with Gasteiger partial charge in [0, 0.05) is 16.7 Å². The molecule has 0 saturated carbocycles. The first-order valence-corrected chi connectivity index (χ1v) is 5.03. The molecule has 15 heavy (non-hydrogen) atoms. The highest BCUT2D eigenvalue weighted by molar-refractivity contribution is 5.99. The molecular weight excluding hydrogens is 190 g/mol. The lowest BCUT2D eigenvalue weighted by Crippen LogP contribution is -2.43. The number of amides is 1. The lowest BCUT2D eigenvalue weighted by atomic mass is 10.1. The fourth-order valence-corrected chi connectivity index (χ4v) is 1.97. The monoisotopic (exact) mass is 205 g/mol. The fraction of sp³-hybridized carbons (Fsp3) is 0.417. The van der Waals surface area contributed by atoms with E-state index in [0.29, 0.717) is 11.1 Å². The summed E-state index contributed by atoms with van der Waals surface area (Å²) in [5, 5.41) is 10.1. The standard InChI is InChI=1S/C12H15NO2/c1-12(2,3)13-10(14)8-6-4-5-7-9(8)11(13)15/h4-7,10,14H,1-3H3/t10-/m0/s1. The molecule has 1 amide bonds. The smallest absolute Gasteiger partial charge is 0.257 e. The number of aliphatic hydroxyl groups excluding tert-OH is 1. The van der Waals surface area contributed by atoms with Gasteiger partial charge in [-0.05, 0) is 26.8 Å². The van der Waals surface area contributed by atoms with Gasteiger partial charge in [0.15, 0.2) is 6.23 Å². The lowest BCUT2D eigenvalue weighted by Gasteiger charge is -2.34. The van der Waals surface area contributed by atoms with Crippen LogP contribution in [0.15, 0.2) is 24.3 Å². The lowest BCUT2D eigenvalue weighted by molar-refractivity contribution is -0.0228. The van der Waals surface area contributed by atoms with E-state index in [-0.39, 0.29) is 11.4 Å². The van der Waals surface area contributed by atoms with Gasteiger partial charge >= 0.3 is 0 Å². The molecule has 1 aliphatic heterocycles. The first-order chi connectivity index (χ1) is 6.93. The SMILES string of the molecule is CC(C)(C)N1C(=O)c2ccccc2[C@@H]1O. The number of hydrogen-bond acceptors (Lipinski definition) is 2. The molecule has 1 atom stereocenters. The number of carbonyl (C=O) groups is 1. The molecule has 0 aliphatic carbocycles. The van der Waals surface area contributed by atoms with Crippen LogP contribution in [0.1, 0.15) is 42.9 Å². The highest BCUT2D eigenvalue weighted by atomic mass is 16.3. The van der Waals surface area contributed by atoms with Crippen LogP contribution in [0, 0.1) is 0 Å². The Balaban J connectivity index is 2.50. The number of nitrogens with zero attached hydrogens (tertiary/aromatic N) is 1. The summed E-state index contributed by atoms with van der Waals surface area (Å²) in [5.41, 5.74) is 0.951. The fourth-order valence-electron chi connectivity index (χ4n) is 1.97. The first-order valence-electron chi connectivity index (χ1n) is 5.03. The molecule has 1 aromatic carbocycles. The Morgan fingerprint density at radius 2 is 1.87 bits per heavy atom. The zero-order valence-corrected chi connectivity index (χ0v) is 9.19. The van der Waals surface area contributed by atoms with Crippen LogP contribution in [0.3, 0.4) is 0 Å². The summed E-state index contributed by atoms with van der Waals surface area (Å²) in [6, 6.07) is 7.20. The van der Waals surface area contributed by atoms with E-state index >= 15 is 0 Å². The average Bonchev–Trinajstić information content (AvgIpc) is 2.39. The van der Waals surface area contributed by atoms with Gasteiger partial charge in [-0.15, -0.1) is 0 Å². The maximum atomic E-state index is 12.0. The number of fused-ring (bicyclic) bond motifs is 1. The molecule has 2 rings (SSSR count). The Labute approximate surface area is 89.3 Å². The highest BCUT2D eigenvalue weighted by Gasteiger charge is 2.41. The maximum Gasteiger partial charge on any atom is 0.257 e. The molecule has 1 heterocycles. The van der Waals surface area contributed by atoms with Gasteiger partial charge in [-0.25, -0.2) is 0 Å². The van der Waals surface area contributed by atoms with Crippen molar-refractivity contribution in [2.75, 3.05) is 0 Å². The number of hydrogen-bond donors (Lipinski definition) is 1. The van der Waals surface area contributed by atoms with E-state index in [9.17, 15) is 9.90 Å². The van der Waals surface area contributed by atoms with E-state index in [1.807, 2.05) is 32.9 Å². The predicted octanol–water partition coefficient (Wildman–Crippen LogP) is 1.93. The molecule has 0 saturated heterocycles. The van der Waals surface area contributed by atoms with Gasteiger partial charge in [-0.1, -0.05) is 18.2 Å². The van der Waals surface area contributed by atoms with Gasteiger partial charge in [0.05, 0.1) is 0 Å². The summed E-state index contributed by atoms with van der Waals surface area (Å²) in [7, 11) is 0. The Morgan fingerprint density at radius 1 is 1.27 bits per heavy atom. The van der Waals surface area contributed by atoms with Crippen LogP contribution >= 0.6 is 0 Å². The van der Waals surface area contributed by atoms with Crippen molar-refractivity contribution < 1.29 is 9.90 Å². The van der Waals surface area contributed by atoms with Crippen molar-refractivity contribution in [3.8, 4) is 0 Å². The molecule has 0 bridgehead atoms. The van der Waals surface area contributed by atoms with Crippen LogP contribution in [-0.2, 0) is 0 Å². The molecule has 1 aliphatic rings. The minimum Gasteiger partial charge on any atom is -0.369 e. The third-order valence-electron chi connectivity index (χ3n) is 2.66. The molecule has 3 heteroatoms. The molecule has 0 aromatic heterocycles. The van der Waals surface area contributed by atoms with Crippen molar-refractivity contribution in [2.24, 2.45) is 0 Å². The summed E-state index contributed by atoms with van der Waals surface area (Å²) in [6.07, 6.45) is -0.811. The topological polar surface area (TPSA) is 40.5 Å². The summed E-state index contributed by atoms with van der Waals surface area (Å²) in [6.45, 7) is 5.75. The van der Waals surface area contributed by atoms with Crippen molar-refractivity contribution >= 4 is 5.91 Å². The van der Waals surface area contributed by atoms with Gasteiger partial charge in [0.2, 0.25) is 0 Å². The molecule has 3 nitrogen and oxygen atoms in total. The van der Waals surface area contributed by atoms with Gasteiger partial charge in [0.25, 0.3) is 5.91 Å². The summed E-state index contributed by atoms with van der Waals surface area (Å²) in [5.74, 6) is -0.0920. The first kappa shape index (κ1) is 10.2. The maximum absolute atomic E-state index is 12.0. The minimum atomic E-state index is -0.811. The van der Waals surface area contributed by atoms with Crippen molar-refractivity contribution in [1.82, 2.24) is 4.90 Å². The molecule has 80 valence electrons. The molecule has 0 fully saturated rings. The number of rotatable bonds is 0. The van der Waals surface area contributed by atoms with Crippen LogP contribution in [0.25, 0.3) is 0 Å². The Hall–Kier alpha value is -1.35. The molecule has 0 radical (unpaired) electrons. The summed E-state index contributed by atoms with van der Waals surface area (Å²) < 4.78 is 0. The van der Waals surface area contributed by atoms with Crippen molar-refractivity contribution in [3.63, 3.8) is 0 Å². The largest absolute Gasteiger partial charge is 0.369 e. The van der Waals surface area contributed by atoms with Gasteiger partial charge < -0.3 is 10.0 Å². The van der Waals surface area contributed by atoms with Crippen LogP contribution in [0.4, 0.5) is 0 Å². The van der Waals surface area contributed by atoms with Gasteiger partial charge in [-0.2, -0.15) is 0 Å². The van der Waals surface area contributed by atoms with Crippen LogP contribution in [0.2, 0.25) is 0 Å². The zero-order chi connectivity index (χ0) is 11.2. The van der Waals surface area contributed by atoms with Crippen molar-refractivity contribution in [1.29, 1.82) is 0 Å². The molecule has 1 N–H and O–H groups in total. The van der Waals surface area contributed by atoms with Crippen molar-refractivity contribution in [3.05, 3.63) is 35.4 Å². The second-order valence-corrected chi connectivity index (χ2v) is 4.81. The highest BCUT2D eigenvalue weighted by Crippen LogP contribution is 2.36. The van der Waals surface area contributed by atoms with E-state index in [0.717, 1.165) is 0 Å². The van der Waals surface area contributed by atoms with E-state index in [2.05, 4.69) is 0 Å². The molecule has 0 spiro atoms. The average molecular weight is 205 g/mol. The number of benzene rings is 1. The van der Waals surface area contributed by atoms with E-state index < -0.39 is 6.23 Å². The Kier molecular flexibility index (Phi) is 2.08. The van der Waals surface area contributed by atoms with E-state index in [1.54, 1.807) is 12.1 Å². The molecular formula is C12H15NO2. The van der Waals surface area contributed by atoms with E-state index in [4.69, 9.17) is 0 Å². The zero-order valence-electron chi connectivity index (χ0n) is 9.19. The minimum absolute atomic E-state index is 0.0920. The third-order valence-corrected chi connectivity index (χ3v) is 2.66. The second kappa shape index (κ2) is 3.07. The van der Waals surface area contributed by atoms with Crippen molar-refractivity contribution in [2.45, 2.75) is 32.5 Å². The van der Waals surface area contributed by atoms with Crippen LogP contribution in [0.5, 0.6) is 0 Å². The summed E-state index contributed by atoms with van der Waals surface area (Å²) in [4.78, 5) is 13.5. The summed E-state index contributed by atoms with van der Waals surface area (Å²) >= 11 is 0. The number of carbonyl (C=O) groups excluding carboxylic acids is 1. The predicted molar refractivity (Wildman–Crippen MR) is 57.3 cm³/mol. The normalized spacial score (nSPS) is 20.7. The quantitative estimate of drug-likeness (QED) is 0.703. The van der Waals surface area contributed by atoms with Crippen LogP contribution in [-0.4, -0.2) is 21.5 Å². The third kappa shape index (κ3) is 1.43. The van der Waals surface area contributed by atoms with Gasteiger partial charge in [-0.3, -0.25) is 4.79 Å². The van der Waals surface area contributed by atoms with E-state index in [1.165, 1.54) is 4.90 Å². The van der Waals surface area contributed by atoms with Gasteiger partial charge in [0.1, 0.15) is 0 Å². The Morgan fingerprint density at radius 3 is 2.40 bits per heavy atom. The van der Waals surface area contributed by atoms with Crippen LogP contribution < -0.4 is 0 Å². The number of aliphatic hydroxyl groups is 1.